The maximum atomic E-state index is 11.1. The monoisotopic (exact) mass is 197 g/mol. The first-order chi connectivity index (χ1) is 6.63. The van der Waals surface area contributed by atoms with Gasteiger partial charge in [0.25, 0.3) is 0 Å². The van der Waals surface area contributed by atoms with Crippen molar-refractivity contribution in [1.82, 2.24) is 10.3 Å². The molecule has 3 N–H and O–H groups in total. The lowest BCUT2D eigenvalue weighted by Gasteiger charge is -2.04. The van der Waals surface area contributed by atoms with Crippen LogP contribution in [-0.2, 0) is 17.8 Å². The van der Waals surface area contributed by atoms with Crippen LogP contribution in [0.15, 0.2) is 10.6 Å². The zero-order valence-corrected chi connectivity index (χ0v) is 8.41. The minimum absolute atomic E-state index is 0.207. The summed E-state index contributed by atoms with van der Waals surface area (Å²) in [5.74, 6) is 1.12. The molecule has 0 radical (unpaired) electrons. The van der Waals surface area contributed by atoms with Crippen LogP contribution < -0.4 is 11.1 Å². The van der Waals surface area contributed by atoms with E-state index in [1.165, 1.54) is 0 Å². The van der Waals surface area contributed by atoms with Crippen LogP contribution in [0, 0.1) is 0 Å². The normalized spacial score (nSPS) is 12.5. The highest BCUT2D eigenvalue weighted by Gasteiger charge is 2.08. The average Bonchev–Trinajstić information content (AvgIpc) is 2.61. The molecule has 0 saturated heterocycles. The first-order valence-electron chi connectivity index (χ1n) is 4.60. The number of amides is 1. The van der Waals surface area contributed by atoms with Gasteiger partial charge < -0.3 is 15.5 Å². The highest BCUT2D eigenvalue weighted by Crippen LogP contribution is 2.03. The van der Waals surface area contributed by atoms with Crippen LogP contribution in [0.2, 0.25) is 0 Å². The fraction of sp³-hybridized carbons (Fsp3) is 0.556. The second-order valence-corrected chi connectivity index (χ2v) is 3.08. The molecule has 1 unspecified atom stereocenters. The van der Waals surface area contributed by atoms with E-state index in [9.17, 15) is 4.79 Å². The van der Waals surface area contributed by atoms with Gasteiger partial charge in [-0.1, -0.05) is 6.92 Å². The van der Waals surface area contributed by atoms with Gasteiger partial charge in [0.1, 0.15) is 5.76 Å². The molecule has 78 valence electrons. The molecule has 0 spiro atoms. The van der Waals surface area contributed by atoms with Crippen molar-refractivity contribution in [3.8, 4) is 0 Å². The molecule has 0 aliphatic rings. The SMILES string of the molecule is CCc1cnc(CNC(=O)C(C)N)o1. The highest BCUT2D eigenvalue weighted by atomic mass is 16.4. The standard InChI is InChI=1S/C9H15N3O2/c1-3-7-4-11-8(14-7)5-12-9(13)6(2)10/h4,6H,3,5,10H2,1-2H3,(H,12,13). The number of carbonyl (C=O) groups is 1. The number of nitrogens with zero attached hydrogens (tertiary/aromatic N) is 1. The number of rotatable bonds is 4. The lowest BCUT2D eigenvalue weighted by atomic mass is 10.3. The third-order valence-corrected chi connectivity index (χ3v) is 1.78. The number of carbonyl (C=O) groups excluding carboxylic acids is 1. The van der Waals surface area contributed by atoms with Gasteiger partial charge in [-0.25, -0.2) is 4.98 Å². The molecule has 1 atom stereocenters. The lowest BCUT2D eigenvalue weighted by molar-refractivity contribution is -0.122. The van der Waals surface area contributed by atoms with E-state index < -0.39 is 6.04 Å². The molecular weight excluding hydrogens is 182 g/mol. The Bertz CT molecular complexity index is 307. The summed E-state index contributed by atoms with van der Waals surface area (Å²) in [4.78, 5) is 15.1. The maximum absolute atomic E-state index is 11.1. The van der Waals surface area contributed by atoms with E-state index in [0.717, 1.165) is 12.2 Å². The van der Waals surface area contributed by atoms with E-state index >= 15 is 0 Å². The second-order valence-electron chi connectivity index (χ2n) is 3.08. The third-order valence-electron chi connectivity index (χ3n) is 1.78. The molecule has 0 aromatic carbocycles. The van der Waals surface area contributed by atoms with E-state index in [1.54, 1.807) is 13.1 Å². The molecule has 1 aromatic rings. The van der Waals surface area contributed by atoms with Crippen molar-refractivity contribution < 1.29 is 9.21 Å². The molecule has 0 aliphatic heterocycles. The predicted octanol–water partition coefficient (Wildman–Crippen LogP) is 0.200. The molecule has 0 fully saturated rings. The Morgan fingerprint density at radius 2 is 2.50 bits per heavy atom. The van der Waals surface area contributed by atoms with Crippen LogP contribution in [-0.4, -0.2) is 16.9 Å². The van der Waals surface area contributed by atoms with Crippen molar-refractivity contribution in [2.24, 2.45) is 5.73 Å². The largest absolute Gasteiger partial charge is 0.444 e. The molecular formula is C9H15N3O2. The smallest absolute Gasteiger partial charge is 0.237 e. The van der Waals surface area contributed by atoms with E-state index in [0.29, 0.717) is 12.4 Å². The number of nitrogens with two attached hydrogens (primary N) is 1. The van der Waals surface area contributed by atoms with Gasteiger partial charge in [0, 0.05) is 6.42 Å². The molecule has 0 saturated carbocycles. The van der Waals surface area contributed by atoms with Gasteiger partial charge in [0.05, 0.1) is 18.8 Å². The number of oxazole rings is 1. The third kappa shape index (κ3) is 2.85. The molecule has 14 heavy (non-hydrogen) atoms. The van der Waals surface area contributed by atoms with Gasteiger partial charge in [-0.3, -0.25) is 4.79 Å². The van der Waals surface area contributed by atoms with Crippen LogP contribution >= 0.6 is 0 Å². The van der Waals surface area contributed by atoms with Crippen LogP contribution in [0.5, 0.6) is 0 Å². The van der Waals surface area contributed by atoms with E-state index in [2.05, 4.69) is 10.3 Å². The van der Waals surface area contributed by atoms with Crippen LogP contribution in [0.4, 0.5) is 0 Å². The summed E-state index contributed by atoms with van der Waals surface area (Å²) in [6, 6.07) is -0.504. The first-order valence-corrected chi connectivity index (χ1v) is 4.60. The van der Waals surface area contributed by atoms with Gasteiger partial charge in [0.2, 0.25) is 11.8 Å². The Labute approximate surface area is 82.7 Å². The minimum atomic E-state index is -0.504. The lowest BCUT2D eigenvalue weighted by Crippen LogP contribution is -2.37. The highest BCUT2D eigenvalue weighted by molar-refractivity contribution is 5.80. The Morgan fingerprint density at radius 1 is 1.79 bits per heavy atom. The predicted molar refractivity (Wildman–Crippen MR) is 51.4 cm³/mol. The number of nitrogens with one attached hydrogen (secondary N) is 1. The number of aryl methyl sites for hydroxylation is 1. The minimum Gasteiger partial charge on any atom is -0.444 e. The van der Waals surface area contributed by atoms with Gasteiger partial charge in [0.15, 0.2) is 0 Å². The molecule has 0 bridgehead atoms. The van der Waals surface area contributed by atoms with Crippen molar-refractivity contribution >= 4 is 5.91 Å². The molecule has 1 rings (SSSR count). The summed E-state index contributed by atoms with van der Waals surface area (Å²) in [5, 5.41) is 2.62. The summed E-state index contributed by atoms with van der Waals surface area (Å²) in [6.45, 7) is 3.90. The zero-order valence-electron chi connectivity index (χ0n) is 8.41. The van der Waals surface area contributed by atoms with Gasteiger partial charge >= 0.3 is 0 Å². The van der Waals surface area contributed by atoms with Crippen molar-refractivity contribution in [1.29, 1.82) is 0 Å². The number of aromatic nitrogens is 1. The van der Waals surface area contributed by atoms with Crippen LogP contribution in [0.1, 0.15) is 25.5 Å². The van der Waals surface area contributed by atoms with Crippen LogP contribution in [0.3, 0.4) is 0 Å². The Morgan fingerprint density at radius 3 is 3.00 bits per heavy atom. The zero-order chi connectivity index (χ0) is 10.6. The summed E-state index contributed by atoms with van der Waals surface area (Å²) >= 11 is 0. The van der Waals surface area contributed by atoms with Crippen molar-refractivity contribution in [2.75, 3.05) is 0 Å². The quantitative estimate of drug-likeness (QED) is 0.722. The molecule has 0 aliphatic carbocycles. The Hall–Kier alpha value is -1.36. The Kier molecular flexibility index (Phi) is 3.64. The summed E-state index contributed by atoms with van der Waals surface area (Å²) in [6.07, 6.45) is 2.46. The molecule has 5 nitrogen and oxygen atoms in total. The van der Waals surface area contributed by atoms with Crippen molar-refractivity contribution in [2.45, 2.75) is 32.9 Å². The maximum Gasteiger partial charge on any atom is 0.237 e. The van der Waals surface area contributed by atoms with E-state index in [-0.39, 0.29) is 5.91 Å². The fourth-order valence-corrected chi connectivity index (χ4v) is 0.917. The van der Waals surface area contributed by atoms with E-state index in [1.807, 2.05) is 6.92 Å². The topological polar surface area (TPSA) is 81.2 Å². The Balaban J connectivity index is 2.41. The molecule has 5 heteroatoms. The average molecular weight is 197 g/mol. The number of hydrogen-bond acceptors (Lipinski definition) is 4. The van der Waals surface area contributed by atoms with E-state index in [4.69, 9.17) is 10.2 Å². The van der Waals surface area contributed by atoms with Crippen LogP contribution in [0.25, 0.3) is 0 Å². The van der Waals surface area contributed by atoms with Gasteiger partial charge in [-0.2, -0.15) is 0 Å². The van der Waals surface area contributed by atoms with Crippen molar-refractivity contribution in [3.63, 3.8) is 0 Å². The molecule has 1 aromatic heterocycles. The first kappa shape index (κ1) is 10.7. The summed E-state index contributed by atoms with van der Waals surface area (Å²) < 4.78 is 5.30. The molecule has 1 heterocycles. The molecule has 1 amide bonds. The summed E-state index contributed by atoms with van der Waals surface area (Å²) in [5.41, 5.74) is 5.37. The summed E-state index contributed by atoms with van der Waals surface area (Å²) in [7, 11) is 0. The van der Waals surface area contributed by atoms with Crippen molar-refractivity contribution in [3.05, 3.63) is 17.8 Å². The fourth-order valence-electron chi connectivity index (χ4n) is 0.917. The van der Waals surface area contributed by atoms with Gasteiger partial charge in [-0.05, 0) is 6.92 Å². The second kappa shape index (κ2) is 4.76. The number of hydrogen-bond donors (Lipinski definition) is 2. The van der Waals surface area contributed by atoms with Gasteiger partial charge in [-0.15, -0.1) is 0 Å².